The van der Waals surface area contributed by atoms with Gasteiger partial charge >= 0.3 is 7.12 Å². The molecule has 2 nitrogen and oxygen atoms in total. The highest BCUT2D eigenvalue weighted by atomic mass is 16.7. The molecule has 3 heteroatoms. The summed E-state index contributed by atoms with van der Waals surface area (Å²) in [5, 5.41) is 0. The maximum absolute atomic E-state index is 6.30. The van der Waals surface area contributed by atoms with Gasteiger partial charge in [0.15, 0.2) is 0 Å². The first-order valence-corrected chi connectivity index (χ1v) is 11.5. The summed E-state index contributed by atoms with van der Waals surface area (Å²) in [4.78, 5) is 0. The van der Waals surface area contributed by atoms with E-state index in [1.54, 1.807) is 0 Å². The molecule has 0 bridgehead atoms. The van der Waals surface area contributed by atoms with Crippen LogP contribution in [0.5, 0.6) is 0 Å². The van der Waals surface area contributed by atoms with Crippen molar-refractivity contribution in [3.05, 3.63) is 103 Å². The summed E-state index contributed by atoms with van der Waals surface area (Å²) < 4.78 is 12.6. The van der Waals surface area contributed by atoms with E-state index < -0.39 is 0 Å². The molecule has 1 aliphatic rings. The van der Waals surface area contributed by atoms with Crippen molar-refractivity contribution in [3.63, 3.8) is 0 Å². The molecule has 0 N–H and O–H groups in total. The van der Waals surface area contributed by atoms with Gasteiger partial charge in [-0.1, -0.05) is 84.9 Å². The third kappa shape index (κ3) is 4.27. The first-order chi connectivity index (χ1) is 15.8. The summed E-state index contributed by atoms with van der Waals surface area (Å²) in [6.45, 7) is 8.36. The van der Waals surface area contributed by atoms with E-state index in [0.29, 0.717) is 0 Å². The normalized spacial score (nSPS) is 16.7. The van der Waals surface area contributed by atoms with Crippen molar-refractivity contribution < 1.29 is 9.31 Å². The quantitative estimate of drug-likeness (QED) is 0.324. The lowest BCUT2D eigenvalue weighted by Crippen LogP contribution is -2.41. The summed E-state index contributed by atoms with van der Waals surface area (Å²) in [5.41, 5.74) is 7.46. The Morgan fingerprint density at radius 3 is 1.36 bits per heavy atom. The van der Waals surface area contributed by atoms with E-state index in [0.717, 1.165) is 11.0 Å². The van der Waals surface area contributed by atoms with Gasteiger partial charge in [-0.05, 0) is 84.7 Å². The van der Waals surface area contributed by atoms with Crippen molar-refractivity contribution in [2.45, 2.75) is 38.9 Å². The summed E-state index contributed by atoms with van der Waals surface area (Å²) in [5.74, 6) is 0. The minimum Gasteiger partial charge on any atom is -0.399 e. The first-order valence-electron chi connectivity index (χ1n) is 11.5. The molecule has 1 heterocycles. The van der Waals surface area contributed by atoms with Crippen molar-refractivity contribution in [3.8, 4) is 33.4 Å². The van der Waals surface area contributed by atoms with Crippen molar-refractivity contribution in [1.29, 1.82) is 0 Å². The molecule has 4 aromatic carbocycles. The van der Waals surface area contributed by atoms with Gasteiger partial charge in [0.05, 0.1) is 11.2 Å². The van der Waals surface area contributed by atoms with Gasteiger partial charge in [-0.2, -0.15) is 0 Å². The highest BCUT2D eigenvalue weighted by molar-refractivity contribution is 6.62. The molecule has 5 rings (SSSR count). The van der Waals surface area contributed by atoms with E-state index in [2.05, 4.69) is 131 Å². The van der Waals surface area contributed by atoms with Crippen LogP contribution in [0.3, 0.4) is 0 Å². The van der Waals surface area contributed by atoms with E-state index in [-0.39, 0.29) is 18.3 Å². The van der Waals surface area contributed by atoms with Crippen LogP contribution < -0.4 is 5.46 Å². The zero-order valence-electron chi connectivity index (χ0n) is 19.7. The molecule has 0 aliphatic carbocycles. The van der Waals surface area contributed by atoms with Crippen LogP contribution in [0.4, 0.5) is 0 Å². The van der Waals surface area contributed by atoms with Crippen LogP contribution in [-0.4, -0.2) is 18.3 Å². The molecule has 0 saturated carbocycles. The third-order valence-electron chi connectivity index (χ3n) is 6.89. The molecule has 1 saturated heterocycles. The lowest BCUT2D eigenvalue weighted by molar-refractivity contribution is 0.00578. The summed E-state index contributed by atoms with van der Waals surface area (Å²) in [6.07, 6.45) is 0. The minimum atomic E-state index is -0.374. The Hall–Kier alpha value is -3.14. The van der Waals surface area contributed by atoms with Crippen molar-refractivity contribution >= 4 is 12.6 Å². The number of hydrogen-bond donors (Lipinski definition) is 0. The van der Waals surface area contributed by atoms with Crippen LogP contribution in [0, 0.1) is 0 Å². The molecule has 4 aromatic rings. The zero-order chi connectivity index (χ0) is 23.1. The molecule has 0 aromatic heterocycles. The second kappa shape index (κ2) is 8.33. The van der Waals surface area contributed by atoms with Crippen molar-refractivity contribution in [1.82, 2.24) is 0 Å². The Kier molecular flexibility index (Phi) is 5.48. The van der Waals surface area contributed by atoms with E-state index >= 15 is 0 Å². The predicted molar refractivity (Wildman–Crippen MR) is 138 cm³/mol. The topological polar surface area (TPSA) is 18.5 Å². The van der Waals surface area contributed by atoms with Gasteiger partial charge in [-0.3, -0.25) is 0 Å². The molecular weight excluding hydrogens is 403 g/mol. The lowest BCUT2D eigenvalue weighted by Gasteiger charge is -2.32. The molecule has 0 amide bonds. The Morgan fingerprint density at radius 1 is 0.455 bits per heavy atom. The van der Waals surface area contributed by atoms with E-state index in [1.807, 2.05) is 0 Å². The Morgan fingerprint density at radius 2 is 0.879 bits per heavy atom. The summed E-state index contributed by atoms with van der Waals surface area (Å²) >= 11 is 0. The van der Waals surface area contributed by atoms with Crippen LogP contribution >= 0.6 is 0 Å². The largest absolute Gasteiger partial charge is 0.494 e. The molecule has 164 valence electrons. The van der Waals surface area contributed by atoms with Crippen LogP contribution in [-0.2, 0) is 9.31 Å². The maximum Gasteiger partial charge on any atom is 0.494 e. The minimum absolute atomic E-state index is 0.360. The third-order valence-corrected chi connectivity index (χ3v) is 6.89. The maximum atomic E-state index is 6.30. The number of hydrogen-bond acceptors (Lipinski definition) is 2. The molecule has 0 unspecified atom stereocenters. The zero-order valence-corrected chi connectivity index (χ0v) is 19.7. The highest BCUT2D eigenvalue weighted by Gasteiger charge is 2.51. The fraction of sp³-hybridized carbons (Fsp3) is 0.200. The predicted octanol–water partition coefficient (Wildman–Crippen LogP) is 6.99. The molecule has 1 fully saturated rings. The second-order valence-corrected chi connectivity index (χ2v) is 9.74. The van der Waals surface area contributed by atoms with Gasteiger partial charge in [0, 0.05) is 0 Å². The lowest BCUT2D eigenvalue weighted by atomic mass is 9.78. The number of benzene rings is 4. The van der Waals surface area contributed by atoms with Crippen LogP contribution in [0.25, 0.3) is 33.4 Å². The number of rotatable bonds is 4. The average molecular weight is 432 g/mol. The fourth-order valence-corrected chi connectivity index (χ4v) is 4.23. The van der Waals surface area contributed by atoms with Gasteiger partial charge in [-0.15, -0.1) is 0 Å². The first kappa shape index (κ1) is 21.7. The van der Waals surface area contributed by atoms with Gasteiger partial charge in [0.1, 0.15) is 0 Å². The van der Waals surface area contributed by atoms with Crippen LogP contribution in [0.1, 0.15) is 27.7 Å². The molecule has 33 heavy (non-hydrogen) atoms. The SMILES string of the molecule is CC1(C)OB(c2cccc(-c3cc(-c4ccccc4)cc(-c4ccccc4)c3)c2)OC1(C)C. The molecule has 0 radical (unpaired) electrons. The van der Waals surface area contributed by atoms with Gasteiger partial charge in [-0.25, -0.2) is 0 Å². The van der Waals surface area contributed by atoms with E-state index in [4.69, 9.17) is 9.31 Å². The average Bonchev–Trinajstić information content (AvgIpc) is 3.07. The highest BCUT2D eigenvalue weighted by Crippen LogP contribution is 2.37. The molecular formula is C30H29BO2. The van der Waals surface area contributed by atoms with E-state index in [9.17, 15) is 0 Å². The van der Waals surface area contributed by atoms with Gasteiger partial charge < -0.3 is 9.31 Å². The fourth-order valence-electron chi connectivity index (χ4n) is 4.23. The Balaban J connectivity index is 1.59. The molecule has 0 atom stereocenters. The molecule has 1 aliphatic heterocycles. The summed E-state index contributed by atoms with van der Waals surface area (Å²) in [6, 6.07) is 36.4. The smallest absolute Gasteiger partial charge is 0.399 e. The second-order valence-electron chi connectivity index (χ2n) is 9.74. The Labute approximate surface area is 197 Å². The molecule has 0 spiro atoms. The van der Waals surface area contributed by atoms with Gasteiger partial charge in [0.25, 0.3) is 0 Å². The van der Waals surface area contributed by atoms with Crippen molar-refractivity contribution in [2.24, 2.45) is 0 Å². The Bertz CT molecular complexity index is 1190. The van der Waals surface area contributed by atoms with Crippen LogP contribution in [0.2, 0.25) is 0 Å². The van der Waals surface area contributed by atoms with Gasteiger partial charge in [0.2, 0.25) is 0 Å². The monoisotopic (exact) mass is 432 g/mol. The summed E-state index contributed by atoms with van der Waals surface area (Å²) in [7, 11) is -0.374. The van der Waals surface area contributed by atoms with Crippen LogP contribution in [0.15, 0.2) is 103 Å². The standard InChI is InChI=1S/C30H29BO2/c1-29(2)30(3,4)33-31(32-29)28-17-11-16-24(21-28)27-19-25(22-12-7-5-8-13-22)18-26(20-27)23-14-9-6-10-15-23/h5-21H,1-4H3. The van der Waals surface area contributed by atoms with E-state index in [1.165, 1.54) is 27.8 Å². The van der Waals surface area contributed by atoms with Crippen molar-refractivity contribution in [2.75, 3.05) is 0 Å².